The molecule has 1 N–H and O–H groups in total. The van der Waals surface area contributed by atoms with Crippen LogP contribution in [0, 0.1) is 11.6 Å². The van der Waals surface area contributed by atoms with Crippen molar-refractivity contribution in [1.82, 2.24) is 30.4 Å². The van der Waals surface area contributed by atoms with Gasteiger partial charge in [0.05, 0.1) is 0 Å². The molecule has 1 fully saturated rings. The summed E-state index contributed by atoms with van der Waals surface area (Å²) in [6, 6.07) is 11.0. The molecule has 0 aliphatic heterocycles. The third-order valence-electron chi connectivity index (χ3n) is 6.00. The van der Waals surface area contributed by atoms with E-state index in [-0.39, 0.29) is 36.7 Å². The number of nitrogens with zero attached hydrogens (tertiary/aromatic N) is 5. The predicted octanol–water partition coefficient (Wildman–Crippen LogP) is 3.09. The Labute approximate surface area is 196 Å². The third kappa shape index (κ3) is 5.62. The maximum absolute atomic E-state index is 14.3. The van der Waals surface area contributed by atoms with Crippen LogP contribution in [0.1, 0.15) is 38.2 Å². The molecule has 0 bridgehead atoms. The molecule has 1 heterocycles. The first kappa shape index (κ1) is 23.5. The molecular weight excluding hydrogens is 442 g/mol. The van der Waals surface area contributed by atoms with Gasteiger partial charge in [-0.3, -0.25) is 9.59 Å². The molecule has 4 rings (SSSR count). The summed E-state index contributed by atoms with van der Waals surface area (Å²) in [4.78, 5) is 28.6. The fourth-order valence-corrected chi connectivity index (χ4v) is 4.02. The number of hydrogen-bond acceptors (Lipinski definition) is 5. The SMILES string of the molecule is CC(C(=O)NC1CCCC1)N(Cc1ccccc1F)C(=O)Cn1nnc(-c2ccc(F)cc2)n1. The summed E-state index contributed by atoms with van der Waals surface area (Å²) in [6.07, 6.45) is 3.95. The predicted molar refractivity (Wildman–Crippen MR) is 120 cm³/mol. The third-order valence-corrected chi connectivity index (χ3v) is 6.00. The van der Waals surface area contributed by atoms with E-state index in [2.05, 4.69) is 20.7 Å². The first-order valence-corrected chi connectivity index (χ1v) is 11.3. The molecule has 1 atom stereocenters. The molecule has 3 aromatic rings. The highest BCUT2D eigenvalue weighted by Crippen LogP contribution is 2.19. The number of rotatable bonds is 8. The van der Waals surface area contributed by atoms with Crippen molar-refractivity contribution in [3.8, 4) is 11.4 Å². The van der Waals surface area contributed by atoms with Crippen molar-refractivity contribution in [3.63, 3.8) is 0 Å². The lowest BCUT2D eigenvalue weighted by Gasteiger charge is -2.29. The number of hydrogen-bond donors (Lipinski definition) is 1. The fourth-order valence-electron chi connectivity index (χ4n) is 4.02. The minimum atomic E-state index is -0.826. The van der Waals surface area contributed by atoms with Gasteiger partial charge < -0.3 is 10.2 Å². The Bertz CT molecular complexity index is 1140. The van der Waals surface area contributed by atoms with E-state index in [0.29, 0.717) is 11.1 Å². The number of carbonyl (C=O) groups is 2. The van der Waals surface area contributed by atoms with Gasteiger partial charge in [-0.25, -0.2) is 8.78 Å². The molecule has 2 aromatic carbocycles. The van der Waals surface area contributed by atoms with Crippen LogP contribution >= 0.6 is 0 Å². The monoisotopic (exact) mass is 468 g/mol. The lowest BCUT2D eigenvalue weighted by molar-refractivity contribution is -0.141. The van der Waals surface area contributed by atoms with E-state index in [1.54, 1.807) is 25.1 Å². The van der Waals surface area contributed by atoms with Gasteiger partial charge >= 0.3 is 0 Å². The second kappa shape index (κ2) is 10.5. The summed E-state index contributed by atoms with van der Waals surface area (Å²) >= 11 is 0. The zero-order valence-corrected chi connectivity index (χ0v) is 18.8. The van der Waals surface area contributed by atoms with Crippen LogP contribution < -0.4 is 5.32 Å². The standard InChI is InChI=1S/C24H26F2N6O2/c1-16(24(34)27-20-7-3-4-8-20)31(14-18-6-2-5-9-21(18)26)22(33)15-32-29-23(28-30-32)17-10-12-19(25)13-11-17/h2,5-6,9-13,16,20H,3-4,7-8,14-15H2,1H3,(H,27,34). The molecule has 1 aliphatic rings. The van der Waals surface area contributed by atoms with Gasteiger partial charge in [-0.05, 0) is 55.3 Å². The first-order chi connectivity index (χ1) is 16.4. The summed E-state index contributed by atoms with van der Waals surface area (Å²) in [7, 11) is 0. The van der Waals surface area contributed by atoms with E-state index < -0.39 is 17.8 Å². The van der Waals surface area contributed by atoms with Gasteiger partial charge in [-0.15, -0.1) is 10.2 Å². The van der Waals surface area contributed by atoms with Gasteiger partial charge in [-0.2, -0.15) is 4.80 Å². The largest absolute Gasteiger partial charge is 0.352 e. The Morgan fingerprint density at radius 1 is 1.12 bits per heavy atom. The molecule has 0 spiro atoms. The van der Waals surface area contributed by atoms with Crippen LogP contribution in [0.3, 0.4) is 0 Å². The zero-order chi connectivity index (χ0) is 24.1. The van der Waals surface area contributed by atoms with Crippen LogP contribution in [0.5, 0.6) is 0 Å². The van der Waals surface area contributed by atoms with Crippen molar-refractivity contribution in [2.75, 3.05) is 0 Å². The van der Waals surface area contributed by atoms with Crippen molar-refractivity contribution >= 4 is 11.8 Å². The molecule has 34 heavy (non-hydrogen) atoms. The van der Waals surface area contributed by atoms with Crippen molar-refractivity contribution in [1.29, 1.82) is 0 Å². The van der Waals surface area contributed by atoms with Gasteiger partial charge in [0.1, 0.15) is 24.2 Å². The van der Waals surface area contributed by atoms with Crippen molar-refractivity contribution in [2.24, 2.45) is 0 Å². The van der Waals surface area contributed by atoms with E-state index >= 15 is 0 Å². The maximum Gasteiger partial charge on any atom is 0.247 e. The molecular formula is C24H26F2N6O2. The van der Waals surface area contributed by atoms with Crippen LogP contribution in [0.25, 0.3) is 11.4 Å². The summed E-state index contributed by atoms with van der Waals surface area (Å²) in [6.45, 7) is 1.26. The maximum atomic E-state index is 14.3. The summed E-state index contributed by atoms with van der Waals surface area (Å²) in [5.41, 5.74) is 0.850. The molecule has 8 nitrogen and oxygen atoms in total. The molecule has 1 aromatic heterocycles. The zero-order valence-electron chi connectivity index (χ0n) is 18.8. The average molecular weight is 469 g/mol. The lowest BCUT2D eigenvalue weighted by atomic mass is 10.1. The number of tetrazole rings is 1. The Morgan fingerprint density at radius 2 is 1.82 bits per heavy atom. The fraction of sp³-hybridized carbons (Fsp3) is 0.375. The van der Waals surface area contributed by atoms with Crippen LogP contribution in [0.2, 0.25) is 0 Å². The van der Waals surface area contributed by atoms with Crippen molar-refractivity contribution < 1.29 is 18.4 Å². The van der Waals surface area contributed by atoms with E-state index in [1.807, 2.05) is 0 Å². The second-order valence-electron chi connectivity index (χ2n) is 8.43. The van der Waals surface area contributed by atoms with Gasteiger partial charge in [-0.1, -0.05) is 31.0 Å². The molecule has 1 saturated carbocycles. The molecule has 0 saturated heterocycles. The van der Waals surface area contributed by atoms with Gasteiger partial charge in [0.15, 0.2) is 0 Å². The number of carbonyl (C=O) groups excluding carboxylic acids is 2. The average Bonchev–Trinajstić information content (AvgIpc) is 3.51. The minimum Gasteiger partial charge on any atom is -0.352 e. The first-order valence-electron chi connectivity index (χ1n) is 11.3. The van der Waals surface area contributed by atoms with Crippen molar-refractivity contribution in [2.45, 2.75) is 57.8 Å². The van der Waals surface area contributed by atoms with Gasteiger partial charge in [0, 0.05) is 23.7 Å². The Hall–Kier alpha value is -3.69. The quantitative estimate of drug-likeness (QED) is 0.549. The van der Waals surface area contributed by atoms with E-state index in [9.17, 15) is 18.4 Å². The highest BCUT2D eigenvalue weighted by molar-refractivity contribution is 5.87. The number of halogens is 2. The molecule has 1 unspecified atom stereocenters. The normalized spacial score (nSPS) is 14.7. The highest BCUT2D eigenvalue weighted by Gasteiger charge is 2.29. The summed E-state index contributed by atoms with van der Waals surface area (Å²) < 4.78 is 27.5. The highest BCUT2D eigenvalue weighted by atomic mass is 19.1. The smallest absolute Gasteiger partial charge is 0.247 e. The number of benzene rings is 2. The molecule has 10 heteroatoms. The molecule has 178 valence electrons. The van der Waals surface area contributed by atoms with E-state index in [0.717, 1.165) is 30.5 Å². The van der Waals surface area contributed by atoms with Gasteiger partial charge in [0.25, 0.3) is 0 Å². The second-order valence-corrected chi connectivity index (χ2v) is 8.43. The van der Waals surface area contributed by atoms with E-state index in [4.69, 9.17) is 0 Å². The van der Waals surface area contributed by atoms with Crippen LogP contribution in [0.4, 0.5) is 8.78 Å². The molecule has 0 radical (unpaired) electrons. The Kier molecular flexibility index (Phi) is 7.24. The topological polar surface area (TPSA) is 93.0 Å². The van der Waals surface area contributed by atoms with E-state index in [1.165, 1.54) is 35.2 Å². The molecule has 1 aliphatic carbocycles. The van der Waals surface area contributed by atoms with Crippen LogP contribution in [0.15, 0.2) is 48.5 Å². The van der Waals surface area contributed by atoms with Gasteiger partial charge in [0.2, 0.25) is 17.6 Å². The number of nitrogens with one attached hydrogen (secondary N) is 1. The molecule has 2 amide bonds. The Morgan fingerprint density at radius 3 is 2.53 bits per heavy atom. The summed E-state index contributed by atoms with van der Waals surface area (Å²) in [5, 5.41) is 15.0. The number of amides is 2. The number of aromatic nitrogens is 4. The Balaban J connectivity index is 1.51. The minimum absolute atomic E-state index is 0.0791. The van der Waals surface area contributed by atoms with Crippen molar-refractivity contribution in [3.05, 3.63) is 65.7 Å². The van der Waals surface area contributed by atoms with Crippen LogP contribution in [-0.4, -0.2) is 49.0 Å². The summed E-state index contributed by atoms with van der Waals surface area (Å²) in [5.74, 6) is -1.35. The lowest BCUT2D eigenvalue weighted by Crippen LogP contribution is -2.50. The van der Waals surface area contributed by atoms with Crippen LogP contribution in [-0.2, 0) is 22.7 Å².